The Morgan fingerprint density at radius 2 is 2.23 bits per heavy atom. The molecule has 1 aromatic heterocycles. The summed E-state index contributed by atoms with van der Waals surface area (Å²) in [6.45, 7) is 0. The van der Waals surface area contributed by atoms with Crippen molar-refractivity contribution >= 4 is 5.97 Å². The molecule has 0 saturated heterocycles. The van der Waals surface area contributed by atoms with Gasteiger partial charge in [-0.15, -0.1) is 0 Å². The number of carboxylic acid groups (broad SMARTS) is 1. The van der Waals surface area contributed by atoms with Gasteiger partial charge < -0.3 is 19.1 Å². The first-order valence-corrected chi connectivity index (χ1v) is 3.44. The summed E-state index contributed by atoms with van der Waals surface area (Å²) in [6.07, 6.45) is -0.722. The number of rotatable bonds is 4. The third-order valence-corrected chi connectivity index (χ3v) is 1.41. The predicted molar refractivity (Wildman–Crippen MR) is 40.2 cm³/mol. The molecule has 0 saturated carbocycles. The van der Waals surface area contributed by atoms with Crippen LogP contribution in [0.4, 0.5) is 0 Å². The second-order valence-corrected chi connectivity index (χ2v) is 2.22. The summed E-state index contributed by atoms with van der Waals surface area (Å²) in [5.41, 5.74) is -0.172. The van der Waals surface area contributed by atoms with E-state index in [2.05, 4.69) is 9.68 Å². The molecule has 0 aliphatic carbocycles. The average molecular weight is 187 g/mol. The summed E-state index contributed by atoms with van der Waals surface area (Å²) in [4.78, 5) is 10.4. The van der Waals surface area contributed by atoms with E-state index in [9.17, 15) is 4.79 Å². The van der Waals surface area contributed by atoms with Crippen molar-refractivity contribution in [3.05, 3.63) is 17.5 Å². The molecule has 0 unspecified atom stereocenters. The van der Waals surface area contributed by atoms with Gasteiger partial charge in [0.05, 0.1) is 0 Å². The molecule has 1 rings (SSSR count). The van der Waals surface area contributed by atoms with Gasteiger partial charge in [0.15, 0.2) is 11.5 Å². The highest BCUT2D eigenvalue weighted by atomic mass is 16.7. The first-order chi connectivity index (χ1) is 6.19. The fraction of sp³-hybridized carbons (Fsp3) is 0.429. The molecule has 0 spiro atoms. The molecule has 0 fully saturated rings. The van der Waals surface area contributed by atoms with E-state index in [0.717, 1.165) is 0 Å². The van der Waals surface area contributed by atoms with Gasteiger partial charge in [-0.25, -0.2) is 4.79 Å². The van der Waals surface area contributed by atoms with Crippen LogP contribution in [0.2, 0.25) is 0 Å². The van der Waals surface area contributed by atoms with Crippen molar-refractivity contribution in [2.75, 3.05) is 14.2 Å². The molecule has 72 valence electrons. The third kappa shape index (κ3) is 2.04. The lowest BCUT2D eigenvalue weighted by atomic mass is 10.3. The van der Waals surface area contributed by atoms with Crippen molar-refractivity contribution in [1.82, 2.24) is 5.16 Å². The molecule has 1 aromatic rings. The maximum Gasteiger partial charge on any atom is 0.358 e. The molecule has 0 amide bonds. The zero-order chi connectivity index (χ0) is 9.84. The van der Waals surface area contributed by atoms with E-state index in [0.29, 0.717) is 0 Å². The van der Waals surface area contributed by atoms with E-state index in [4.69, 9.17) is 14.6 Å². The molecule has 0 aliphatic heterocycles. The topological polar surface area (TPSA) is 81.8 Å². The minimum absolute atomic E-state index is 0.172. The standard InChI is InChI=1S/C7H9NO5/c1-11-7(12-2)5-3-4(6(9)10)8-13-5/h3,7H,1-2H3,(H,9,10). The van der Waals surface area contributed by atoms with Crippen molar-refractivity contribution < 1.29 is 23.9 Å². The zero-order valence-electron chi connectivity index (χ0n) is 7.18. The number of ether oxygens (including phenoxy) is 2. The number of nitrogens with zero attached hydrogens (tertiary/aromatic N) is 1. The Hall–Kier alpha value is -1.40. The average Bonchev–Trinajstić information content (AvgIpc) is 2.56. The van der Waals surface area contributed by atoms with Gasteiger partial charge in [-0.3, -0.25) is 0 Å². The second-order valence-electron chi connectivity index (χ2n) is 2.22. The minimum atomic E-state index is -1.15. The highest BCUT2D eigenvalue weighted by Gasteiger charge is 2.18. The van der Waals surface area contributed by atoms with E-state index < -0.39 is 12.3 Å². The maximum atomic E-state index is 10.4. The van der Waals surface area contributed by atoms with E-state index >= 15 is 0 Å². The number of aromatic nitrogens is 1. The Labute approximate surface area is 74.0 Å². The Kier molecular flexibility index (Phi) is 2.99. The zero-order valence-corrected chi connectivity index (χ0v) is 7.18. The van der Waals surface area contributed by atoms with Gasteiger partial charge in [-0.2, -0.15) is 0 Å². The van der Waals surface area contributed by atoms with Crippen LogP contribution >= 0.6 is 0 Å². The number of aromatic carboxylic acids is 1. The summed E-state index contributed by atoms with van der Waals surface area (Å²) in [6, 6.07) is 1.25. The SMILES string of the molecule is COC(OC)c1cc(C(=O)O)no1. The van der Waals surface area contributed by atoms with Gasteiger partial charge in [0, 0.05) is 20.3 Å². The number of hydrogen-bond donors (Lipinski definition) is 1. The normalized spacial score (nSPS) is 10.7. The number of carboxylic acids is 1. The van der Waals surface area contributed by atoms with Gasteiger partial charge in [0.2, 0.25) is 6.29 Å². The second kappa shape index (κ2) is 4.01. The Morgan fingerprint density at radius 1 is 1.62 bits per heavy atom. The first kappa shape index (κ1) is 9.69. The van der Waals surface area contributed by atoms with Crippen LogP contribution < -0.4 is 0 Å². The van der Waals surface area contributed by atoms with Crippen LogP contribution in [-0.4, -0.2) is 30.5 Å². The minimum Gasteiger partial charge on any atom is -0.476 e. The largest absolute Gasteiger partial charge is 0.476 e. The lowest BCUT2D eigenvalue weighted by Gasteiger charge is -2.07. The number of methoxy groups -OCH3 is 2. The molecule has 1 N–H and O–H groups in total. The lowest BCUT2D eigenvalue weighted by Crippen LogP contribution is -2.02. The Balaban J connectivity index is 2.84. The maximum absolute atomic E-state index is 10.4. The van der Waals surface area contributed by atoms with Crippen molar-refractivity contribution in [3.63, 3.8) is 0 Å². The molecule has 1 heterocycles. The Morgan fingerprint density at radius 3 is 2.62 bits per heavy atom. The smallest absolute Gasteiger partial charge is 0.358 e. The van der Waals surface area contributed by atoms with E-state index in [1.807, 2.05) is 0 Å². The third-order valence-electron chi connectivity index (χ3n) is 1.41. The van der Waals surface area contributed by atoms with Crippen molar-refractivity contribution in [1.29, 1.82) is 0 Å². The van der Waals surface area contributed by atoms with E-state index in [1.165, 1.54) is 20.3 Å². The molecule has 0 aliphatic rings. The van der Waals surface area contributed by atoms with Gasteiger partial charge in [0.1, 0.15) is 0 Å². The molecule has 0 radical (unpaired) electrons. The molecule has 13 heavy (non-hydrogen) atoms. The van der Waals surface area contributed by atoms with Gasteiger partial charge >= 0.3 is 5.97 Å². The van der Waals surface area contributed by atoms with Gasteiger partial charge in [0.25, 0.3) is 0 Å². The monoisotopic (exact) mass is 187 g/mol. The summed E-state index contributed by atoms with van der Waals surface area (Å²) in [7, 11) is 2.83. The summed E-state index contributed by atoms with van der Waals surface area (Å²) < 4.78 is 14.3. The number of carbonyl (C=O) groups is 1. The molecule has 6 heteroatoms. The van der Waals surface area contributed by atoms with Crippen molar-refractivity contribution in [2.24, 2.45) is 0 Å². The van der Waals surface area contributed by atoms with Gasteiger partial charge in [-0.05, 0) is 0 Å². The van der Waals surface area contributed by atoms with Crippen LogP contribution in [0.25, 0.3) is 0 Å². The molecule has 0 atom stereocenters. The Bertz CT molecular complexity index is 291. The predicted octanol–water partition coefficient (Wildman–Crippen LogP) is 0.664. The molecule has 6 nitrogen and oxygen atoms in total. The highest BCUT2D eigenvalue weighted by Crippen LogP contribution is 2.17. The van der Waals surface area contributed by atoms with E-state index in [-0.39, 0.29) is 11.5 Å². The van der Waals surface area contributed by atoms with Crippen LogP contribution in [0.3, 0.4) is 0 Å². The summed E-state index contributed by atoms with van der Waals surface area (Å²) in [5.74, 6) is -0.927. The summed E-state index contributed by atoms with van der Waals surface area (Å²) >= 11 is 0. The first-order valence-electron chi connectivity index (χ1n) is 3.44. The fourth-order valence-corrected chi connectivity index (χ4v) is 0.830. The molecular weight excluding hydrogens is 178 g/mol. The molecule has 0 bridgehead atoms. The number of hydrogen-bond acceptors (Lipinski definition) is 5. The van der Waals surface area contributed by atoms with Crippen LogP contribution in [0, 0.1) is 0 Å². The lowest BCUT2D eigenvalue weighted by molar-refractivity contribution is -0.120. The molecular formula is C7H9NO5. The fourth-order valence-electron chi connectivity index (χ4n) is 0.830. The van der Waals surface area contributed by atoms with Crippen LogP contribution in [0.15, 0.2) is 10.6 Å². The van der Waals surface area contributed by atoms with Crippen molar-refractivity contribution in [2.45, 2.75) is 6.29 Å². The van der Waals surface area contributed by atoms with Crippen LogP contribution in [-0.2, 0) is 9.47 Å². The van der Waals surface area contributed by atoms with Crippen LogP contribution in [0.5, 0.6) is 0 Å². The van der Waals surface area contributed by atoms with Crippen molar-refractivity contribution in [3.8, 4) is 0 Å². The van der Waals surface area contributed by atoms with Gasteiger partial charge in [-0.1, -0.05) is 5.16 Å². The summed E-state index contributed by atoms with van der Waals surface area (Å²) in [5, 5.41) is 11.8. The quantitative estimate of drug-likeness (QED) is 0.697. The van der Waals surface area contributed by atoms with E-state index in [1.54, 1.807) is 0 Å². The molecule has 0 aromatic carbocycles. The highest BCUT2D eigenvalue weighted by molar-refractivity contribution is 5.85. The van der Waals surface area contributed by atoms with Crippen LogP contribution in [0.1, 0.15) is 22.5 Å².